The zero-order valence-corrected chi connectivity index (χ0v) is 14.9. The molecule has 0 fully saturated rings. The number of hydrogen-bond donors (Lipinski definition) is 1. The Morgan fingerprint density at radius 2 is 2.28 bits per heavy atom. The lowest BCUT2D eigenvalue weighted by atomic mass is 10.4. The highest BCUT2D eigenvalue weighted by molar-refractivity contribution is 7.13. The summed E-state index contributed by atoms with van der Waals surface area (Å²) in [5, 5.41) is 9.04. The maximum atomic E-state index is 12.2. The predicted octanol–water partition coefficient (Wildman–Crippen LogP) is 1.08. The molecule has 0 aliphatic heterocycles. The van der Waals surface area contributed by atoms with Crippen molar-refractivity contribution >= 4 is 23.0 Å². The third-order valence-corrected chi connectivity index (χ3v) is 4.55. The van der Waals surface area contributed by atoms with Crippen LogP contribution in [0.3, 0.4) is 0 Å². The van der Waals surface area contributed by atoms with Crippen molar-refractivity contribution in [3.8, 4) is 10.7 Å². The van der Waals surface area contributed by atoms with Gasteiger partial charge in [-0.25, -0.2) is 0 Å². The van der Waals surface area contributed by atoms with E-state index in [1.807, 2.05) is 17.5 Å². The molecule has 0 bridgehead atoms. The van der Waals surface area contributed by atoms with E-state index in [1.165, 1.54) is 21.9 Å². The van der Waals surface area contributed by atoms with E-state index in [0.29, 0.717) is 30.4 Å². The van der Waals surface area contributed by atoms with Crippen LogP contribution in [0.4, 0.5) is 0 Å². The minimum absolute atomic E-state index is 0.0746. The molecule has 0 aliphatic carbocycles. The van der Waals surface area contributed by atoms with Gasteiger partial charge in [-0.3, -0.25) is 9.59 Å². The van der Waals surface area contributed by atoms with E-state index in [1.54, 1.807) is 18.6 Å². The SMILES string of the molecule is COCCCNC(=O)Cn1c(C)cc(=O)n2nc(-c3cccs3)nc12. The quantitative estimate of drug-likeness (QED) is 0.636. The van der Waals surface area contributed by atoms with Gasteiger partial charge in [-0.15, -0.1) is 16.4 Å². The number of nitrogens with zero attached hydrogens (tertiary/aromatic N) is 4. The number of fused-ring (bicyclic) bond motifs is 1. The lowest BCUT2D eigenvalue weighted by Crippen LogP contribution is -2.31. The number of rotatable bonds is 7. The molecule has 0 aliphatic rings. The van der Waals surface area contributed by atoms with Gasteiger partial charge in [0.25, 0.3) is 5.56 Å². The van der Waals surface area contributed by atoms with E-state index in [4.69, 9.17) is 4.74 Å². The van der Waals surface area contributed by atoms with Crippen LogP contribution in [0.15, 0.2) is 28.4 Å². The number of nitrogens with one attached hydrogen (secondary N) is 1. The Balaban J connectivity index is 1.89. The molecule has 0 radical (unpaired) electrons. The van der Waals surface area contributed by atoms with E-state index >= 15 is 0 Å². The first-order valence-corrected chi connectivity index (χ1v) is 8.75. The van der Waals surface area contributed by atoms with E-state index < -0.39 is 0 Å². The summed E-state index contributed by atoms with van der Waals surface area (Å²) in [6, 6.07) is 5.25. The average molecular weight is 361 g/mol. The molecule has 1 N–H and O–H groups in total. The van der Waals surface area contributed by atoms with Gasteiger partial charge < -0.3 is 14.6 Å². The zero-order chi connectivity index (χ0) is 17.8. The van der Waals surface area contributed by atoms with Gasteiger partial charge in [0.05, 0.1) is 4.88 Å². The summed E-state index contributed by atoms with van der Waals surface area (Å²) >= 11 is 1.50. The summed E-state index contributed by atoms with van der Waals surface area (Å²) in [6.07, 6.45) is 0.744. The van der Waals surface area contributed by atoms with E-state index in [2.05, 4.69) is 15.4 Å². The number of amides is 1. The topological polar surface area (TPSA) is 90.5 Å². The number of thiophene rings is 1. The first-order valence-electron chi connectivity index (χ1n) is 7.87. The Hall–Kier alpha value is -2.52. The van der Waals surface area contributed by atoms with Crippen molar-refractivity contribution in [2.24, 2.45) is 0 Å². The van der Waals surface area contributed by atoms with Crippen LogP contribution in [-0.2, 0) is 16.1 Å². The van der Waals surface area contributed by atoms with Crippen molar-refractivity contribution in [3.63, 3.8) is 0 Å². The predicted molar refractivity (Wildman–Crippen MR) is 94.8 cm³/mol. The van der Waals surface area contributed by atoms with Crippen molar-refractivity contribution < 1.29 is 9.53 Å². The molecule has 3 heterocycles. The maximum absolute atomic E-state index is 12.2. The monoisotopic (exact) mass is 361 g/mol. The van der Waals surface area contributed by atoms with E-state index in [0.717, 1.165) is 11.3 Å². The second-order valence-corrected chi connectivity index (χ2v) is 6.48. The summed E-state index contributed by atoms with van der Waals surface area (Å²) in [4.78, 5) is 29.7. The maximum Gasteiger partial charge on any atom is 0.275 e. The third kappa shape index (κ3) is 3.77. The lowest BCUT2D eigenvalue weighted by Gasteiger charge is -2.11. The van der Waals surface area contributed by atoms with Crippen LogP contribution >= 0.6 is 11.3 Å². The summed E-state index contributed by atoms with van der Waals surface area (Å²) in [5.74, 6) is 0.692. The van der Waals surface area contributed by atoms with Crippen LogP contribution in [0.25, 0.3) is 16.5 Å². The summed E-state index contributed by atoms with van der Waals surface area (Å²) in [6.45, 7) is 2.98. The molecule has 0 aromatic carbocycles. The number of ether oxygens (including phenoxy) is 1. The molecule has 3 aromatic rings. The molecule has 0 atom stereocenters. The van der Waals surface area contributed by atoms with Gasteiger partial charge in [0, 0.05) is 32.0 Å². The first kappa shape index (κ1) is 17.3. The van der Waals surface area contributed by atoms with E-state index in [9.17, 15) is 9.59 Å². The highest BCUT2D eigenvalue weighted by atomic mass is 32.1. The average Bonchev–Trinajstić information content (AvgIpc) is 3.24. The molecule has 1 amide bonds. The lowest BCUT2D eigenvalue weighted by molar-refractivity contribution is -0.121. The fourth-order valence-corrected chi connectivity index (χ4v) is 3.10. The Kier molecular flexibility index (Phi) is 5.25. The van der Waals surface area contributed by atoms with Gasteiger partial charge in [0.15, 0.2) is 5.82 Å². The van der Waals surface area contributed by atoms with Gasteiger partial charge in [-0.1, -0.05) is 6.07 Å². The highest BCUT2D eigenvalue weighted by Crippen LogP contribution is 2.21. The van der Waals surface area contributed by atoms with Gasteiger partial charge >= 0.3 is 0 Å². The summed E-state index contributed by atoms with van der Waals surface area (Å²) in [5.41, 5.74) is 0.397. The van der Waals surface area contributed by atoms with Crippen molar-refractivity contribution in [2.75, 3.05) is 20.3 Å². The van der Waals surface area contributed by atoms with E-state index in [-0.39, 0.29) is 18.0 Å². The molecular weight excluding hydrogens is 342 g/mol. The fraction of sp³-hybridized carbons (Fsp3) is 0.375. The molecule has 0 saturated heterocycles. The first-order chi connectivity index (χ1) is 12.1. The van der Waals surface area contributed by atoms with Crippen LogP contribution in [0.1, 0.15) is 12.1 Å². The van der Waals surface area contributed by atoms with Crippen LogP contribution < -0.4 is 10.9 Å². The number of methoxy groups -OCH3 is 1. The summed E-state index contributed by atoms with van der Waals surface area (Å²) < 4.78 is 7.89. The Morgan fingerprint density at radius 1 is 1.44 bits per heavy atom. The second-order valence-electron chi connectivity index (χ2n) is 5.53. The van der Waals surface area contributed by atoms with Gasteiger partial charge in [-0.05, 0) is 24.8 Å². The van der Waals surface area contributed by atoms with Gasteiger partial charge in [-0.2, -0.15) is 9.50 Å². The smallest absolute Gasteiger partial charge is 0.275 e. The molecule has 0 spiro atoms. The molecule has 3 rings (SSSR count). The van der Waals surface area contributed by atoms with Crippen LogP contribution in [0.5, 0.6) is 0 Å². The standard InChI is InChI=1S/C16H19N5O3S/c1-11-9-14(23)21-16(18-15(19-21)12-5-3-8-25-12)20(11)10-13(22)17-6-4-7-24-2/h3,5,8-9H,4,6-7,10H2,1-2H3,(H,17,22). The Labute approximate surface area is 148 Å². The molecule has 8 nitrogen and oxygen atoms in total. The number of hydrogen-bond acceptors (Lipinski definition) is 6. The molecule has 25 heavy (non-hydrogen) atoms. The molecule has 0 saturated carbocycles. The largest absolute Gasteiger partial charge is 0.385 e. The summed E-state index contributed by atoms with van der Waals surface area (Å²) in [7, 11) is 1.62. The second kappa shape index (κ2) is 7.58. The number of aryl methyl sites for hydroxylation is 1. The fourth-order valence-electron chi connectivity index (χ4n) is 2.45. The minimum atomic E-state index is -0.264. The normalized spacial score (nSPS) is 11.1. The van der Waals surface area contributed by atoms with Crippen LogP contribution in [0, 0.1) is 6.92 Å². The third-order valence-electron chi connectivity index (χ3n) is 3.69. The Bertz CT molecular complexity index is 929. The molecule has 9 heteroatoms. The molecule has 3 aromatic heterocycles. The minimum Gasteiger partial charge on any atom is -0.385 e. The molecule has 0 unspecified atom stereocenters. The number of aromatic nitrogens is 4. The molecule has 132 valence electrons. The van der Waals surface area contributed by atoms with Crippen molar-refractivity contribution in [2.45, 2.75) is 19.9 Å². The highest BCUT2D eigenvalue weighted by Gasteiger charge is 2.15. The number of carbonyl (C=O) groups is 1. The molecular formula is C16H19N5O3S. The van der Waals surface area contributed by atoms with Crippen molar-refractivity contribution in [1.82, 2.24) is 24.5 Å². The Morgan fingerprint density at radius 3 is 3.00 bits per heavy atom. The van der Waals surface area contributed by atoms with Crippen molar-refractivity contribution in [3.05, 3.63) is 39.6 Å². The van der Waals surface area contributed by atoms with Crippen molar-refractivity contribution in [1.29, 1.82) is 0 Å². The van der Waals surface area contributed by atoms with Crippen LogP contribution in [-0.4, -0.2) is 45.3 Å². The zero-order valence-electron chi connectivity index (χ0n) is 14.1. The van der Waals surface area contributed by atoms with Gasteiger partial charge in [0.2, 0.25) is 11.7 Å². The van der Waals surface area contributed by atoms with Gasteiger partial charge in [0.1, 0.15) is 6.54 Å². The van der Waals surface area contributed by atoms with Crippen LogP contribution in [0.2, 0.25) is 0 Å². The number of carbonyl (C=O) groups excluding carboxylic acids is 1.